The highest BCUT2D eigenvalue weighted by Gasteiger charge is 2.37. The van der Waals surface area contributed by atoms with E-state index in [9.17, 15) is 0 Å². The Morgan fingerprint density at radius 3 is 1.56 bits per heavy atom. The Labute approximate surface area is 372 Å². The Balaban J connectivity index is 0.965. The molecule has 0 spiro atoms. The number of furan rings is 1. The maximum atomic E-state index is 6.69. The minimum atomic E-state index is -0.143. The highest BCUT2D eigenvalue weighted by atomic mass is 16.3. The molecule has 302 valence electrons. The topological polar surface area (TPSA) is 51.8 Å². The fraction of sp³-hybridized carbons (Fsp3) is 0.0500. The molecule has 1 aliphatic carbocycles. The van der Waals surface area contributed by atoms with E-state index in [0.29, 0.717) is 17.5 Å². The van der Waals surface area contributed by atoms with Gasteiger partial charge in [-0.15, -0.1) is 0 Å². The van der Waals surface area contributed by atoms with Crippen LogP contribution < -0.4 is 0 Å². The molecule has 0 amide bonds. The van der Waals surface area contributed by atoms with Gasteiger partial charge in [-0.05, 0) is 109 Å². The van der Waals surface area contributed by atoms with Crippen molar-refractivity contribution in [2.24, 2.45) is 0 Å². The second-order valence-corrected chi connectivity index (χ2v) is 17.2. The molecule has 0 saturated carbocycles. The monoisotopic (exact) mass is 819 g/mol. The van der Waals surface area contributed by atoms with Crippen LogP contribution >= 0.6 is 0 Å². The minimum absolute atomic E-state index is 0.143. The highest BCUT2D eigenvalue weighted by Crippen LogP contribution is 2.52. The maximum Gasteiger partial charge on any atom is 0.164 e. The van der Waals surface area contributed by atoms with Crippen LogP contribution in [-0.4, -0.2) is 15.0 Å². The highest BCUT2D eigenvalue weighted by molar-refractivity contribution is 6.13. The minimum Gasteiger partial charge on any atom is -0.456 e. The lowest BCUT2D eigenvalue weighted by atomic mass is 9.82. The molecule has 4 nitrogen and oxygen atoms in total. The zero-order valence-electron chi connectivity index (χ0n) is 35.5. The van der Waals surface area contributed by atoms with Crippen LogP contribution in [0.2, 0.25) is 0 Å². The van der Waals surface area contributed by atoms with E-state index in [4.69, 9.17) is 19.4 Å². The first-order valence-corrected chi connectivity index (χ1v) is 21.8. The quantitative estimate of drug-likeness (QED) is 0.161. The van der Waals surface area contributed by atoms with E-state index >= 15 is 0 Å². The molecule has 0 saturated heterocycles. The molecule has 64 heavy (non-hydrogen) atoms. The van der Waals surface area contributed by atoms with E-state index in [1.54, 1.807) is 0 Å². The molecule has 0 atom stereocenters. The second kappa shape index (κ2) is 15.0. The summed E-state index contributed by atoms with van der Waals surface area (Å²) in [5, 5.41) is 2.18. The summed E-state index contributed by atoms with van der Waals surface area (Å²) in [6.45, 7) is 4.60. The molecular weight excluding hydrogens is 779 g/mol. The van der Waals surface area contributed by atoms with E-state index in [2.05, 4.69) is 208 Å². The average molecular weight is 820 g/mol. The molecule has 2 aromatic heterocycles. The van der Waals surface area contributed by atoms with E-state index in [0.717, 1.165) is 60.9 Å². The lowest BCUT2D eigenvalue weighted by Crippen LogP contribution is -2.14. The Morgan fingerprint density at radius 2 is 0.828 bits per heavy atom. The Kier molecular flexibility index (Phi) is 8.80. The van der Waals surface area contributed by atoms with Gasteiger partial charge in [0.25, 0.3) is 0 Å². The lowest BCUT2D eigenvalue weighted by molar-refractivity contribution is 0.660. The van der Waals surface area contributed by atoms with Crippen LogP contribution in [0.4, 0.5) is 0 Å². The summed E-state index contributed by atoms with van der Waals surface area (Å²) < 4.78 is 6.69. The van der Waals surface area contributed by atoms with Gasteiger partial charge in [0, 0.05) is 32.9 Å². The van der Waals surface area contributed by atoms with E-state index in [1.165, 1.54) is 44.5 Å². The first kappa shape index (κ1) is 37.5. The van der Waals surface area contributed by atoms with Gasteiger partial charge in [0.05, 0.1) is 0 Å². The third kappa shape index (κ3) is 6.34. The smallest absolute Gasteiger partial charge is 0.164 e. The summed E-state index contributed by atoms with van der Waals surface area (Å²) in [4.78, 5) is 15.6. The molecule has 0 N–H and O–H groups in total. The van der Waals surface area contributed by atoms with Gasteiger partial charge in [0.1, 0.15) is 11.2 Å². The second-order valence-electron chi connectivity index (χ2n) is 17.2. The van der Waals surface area contributed by atoms with Gasteiger partial charge in [-0.3, -0.25) is 0 Å². The van der Waals surface area contributed by atoms with Crippen molar-refractivity contribution in [3.8, 4) is 89.8 Å². The number of rotatable bonds is 7. The van der Waals surface area contributed by atoms with Crippen LogP contribution in [0.15, 0.2) is 217 Å². The van der Waals surface area contributed by atoms with Crippen LogP contribution in [0, 0.1) is 0 Å². The van der Waals surface area contributed by atoms with Crippen LogP contribution in [0.1, 0.15) is 25.0 Å². The van der Waals surface area contributed by atoms with E-state index in [-0.39, 0.29) is 5.41 Å². The zero-order chi connectivity index (χ0) is 42.8. The molecule has 11 aromatic rings. The number of hydrogen-bond donors (Lipinski definition) is 0. The molecular formula is C60H41N3O. The molecule has 0 fully saturated rings. The molecule has 2 heterocycles. The zero-order valence-corrected chi connectivity index (χ0v) is 35.5. The molecule has 0 bridgehead atoms. The Bertz CT molecular complexity index is 3510. The summed E-state index contributed by atoms with van der Waals surface area (Å²) in [6, 6.07) is 75.0. The molecule has 12 rings (SSSR count). The van der Waals surface area contributed by atoms with Gasteiger partial charge in [-0.25, -0.2) is 15.0 Å². The summed E-state index contributed by atoms with van der Waals surface area (Å²) in [5.41, 5.74) is 18.5. The molecule has 0 radical (unpaired) electrons. The molecule has 4 heteroatoms. The van der Waals surface area contributed by atoms with Crippen molar-refractivity contribution >= 4 is 21.9 Å². The maximum absolute atomic E-state index is 6.69. The predicted molar refractivity (Wildman–Crippen MR) is 263 cm³/mol. The van der Waals surface area contributed by atoms with Crippen molar-refractivity contribution < 1.29 is 4.42 Å². The number of fused-ring (bicyclic) bond motifs is 6. The van der Waals surface area contributed by atoms with Gasteiger partial charge < -0.3 is 4.42 Å². The Hall–Kier alpha value is -8.21. The number of benzene rings is 9. The first-order chi connectivity index (χ1) is 31.5. The standard InChI is InChI=1S/C60H41N3O/c1-60(2)51-28-13-12-25-48(51)55-50(27-15-29-52(55)60)59-62-57(40-21-10-5-11-22-40)61-58(63-59)43-24-14-23-41(33-43)42-31-32-49-54(37-42)64-53-30-16-26-47(56(49)53)46-35-44(38-17-6-3-7-18-38)34-45(36-46)39-19-8-4-9-20-39/h3-37H,1-2H3. The van der Waals surface area contributed by atoms with Crippen molar-refractivity contribution in [3.63, 3.8) is 0 Å². The summed E-state index contributed by atoms with van der Waals surface area (Å²) in [6.07, 6.45) is 0. The van der Waals surface area contributed by atoms with Crippen molar-refractivity contribution in [2.45, 2.75) is 19.3 Å². The summed E-state index contributed by atoms with van der Waals surface area (Å²) in [7, 11) is 0. The molecule has 0 aliphatic heterocycles. The van der Waals surface area contributed by atoms with Crippen LogP contribution in [0.25, 0.3) is 112 Å². The van der Waals surface area contributed by atoms with Gasteiger partial charge >= 0.3 is 0 Å². The van der Waals surface area contributed by atoms with Crippen molar-refractivity contribution in [1.29, 1.82) is 0 Å². The number of aromatic nitrogens is 3. The van der Waals surface area contributed by atoms with Crippen molar-refractivity contribution in [2.75, 3.05) is 0 Å². The first-order valence-electron chi connectivity index (χ1n) is 21.8. The summed E-state index contributed by atoms with van der Waals surface area (Å²) in [5.74, 6) is 1.91. The van der Waals surface area contributed by atoms with E-state index in [1.807, 2.05) is 18.2 Å². The average Bonchev–Trinajstić information content (AvgIpc) is 3.86. The number of nitrogens with zero attached hydrogens (tertiary/aromatic N) is 3. The predicted octanol–water partition coefficient (Wildman–Crippen LogP) is 15.7. The molecule has 1 aliphatic rings. The molecule has 9 aromatic carbocycles. The van der Waals surface area contributed by atoms with Crippen LogP contribution in [0.3, 0.4) is 0 Å². The summed E-state index contributed by atoms with van der Waals surface area (Å²) >= 11 is 0. The third-order valence-electron chi connectivity index (χ3n) is 12.9. The van der Waals surface area contributed by atoms with E-state index < -0.39 is 0 Å². The van der Waals surface area contributed by atoms with Crippen molar-refractivity contribution in [3.05, 3.63) is 223 Å². The SMILES string of the molecule is CC1(C)c2ccccc2-c2c(-c3nc(-c4ccccc4)nc(-c4cccc(-c5ccc6c(c5)oc5cccc(-c7cc(-c8ccccc8)cc(-c8ccccc8)c7)c56)c4)n3)cccc21. The van der Waals surface area contributed by atoms with Crippen LogP contribution in [0.5, 0.6) is 0 Å². The lowest BCUT2D eigenvalue weighted by Gasteiger charge is -2.21. The molecule has 0 unspecified atom stereocenters. The third-order valence-corrected chi connectivity index (χ3v) is 12.9. The van der Waals surface area contributed by atoms with Crippen molar-refractivity contribution in [1.82, 2.24) is 15.0 Å². The van der Waals surface area contributed by atoms with Crippen LogP contribution in [-0.2, 0) is 5.41 Å². The number of hydrogen-bond acceptors (Lipinski definition) is 4. The largest absolute Gasteiger partial charge is 0.456 e. The van der Waals surface area contributed by atoms with Gasteiger partial charge in [-0.1, -0.05) is 184 Å². The Morgan fingerprint density at radius 1 is 0.328 bits per heavy atom. The van der Waals surface area contributed by atoms with Gasteiger partial charge in [0.2, 0.25) is 0 Å². The normalized spacial score (nSPS) is 12.7. The van der Waals surface area contributed by atoms with Gasteiger partial charge in [-0.2, -0.15) is 0 Å². The van der Waals surface area contributed by atoms with Gasteiger partial charge in [0.15, 0.2) is 17.5 Å². The fourth-order valence-electron chi connectivity index (χ4n) is 9.74. The fourth-order valence-corrected chi connectivity index (χ4v) is 9.74.